The van der Waals surface area contributed by atoms with Crippen LogP contribution in [0.25, 0.3) is 16.3 Å². The van der Waals surface area contributed by atoms with Crippen molar-refractivity contribution in [2.45, 2.75) is 45.3 Å². The molecule has 0 saturated heterocycles. The van der Waals surface area contributed by atoms with Crippen LogP contribution >= 0.6 is 15.9 Å². The van der Waals surface area contributed by atoms with Crippen LogP contribution in [-0.4, -0.2) is 5.78 Å². The Labute approximate surface area is 196 Å². The lowest BCUT2D eigenvalue weighted by molar-refractivity contribution is -0.118. The second-order valence-corrected chi connectivity index (χ2v) is 10.9. The quantitative estimate of drug-likeness (QED) is 0.407. The molecule has 3 aliphatic rings. The number of rotatable bonds is 2. The fraction of sp³-hybridized carbons (Fsp3) is 0.296. The van der Waals surface area contributed by atoms with Crippen molar-refractivity contribution in [3.05, 3.63) is 81.3 Å². The van der Waals surface area contributed by atoms with Crippen LogP contribution in [0.5, 0.6) is 0 Å². The molecule has 5 heteroatoms. The zero-order chi connectivity index (χ0) is 22.3. The highest BCUT2D eigenvalue weighted by molar-refractivity contribution is 9.10. The number of nitrogens with one attached hydrogen (secondary N) is 1. The van der Waals surface area contributed by atoms with Crippen molar-refractivity contribution < 1.29 is 4.79 Å². The summed E-state index contributed by atoms with van der Waals surface area (Å²) < 4.78 is 0.972. The Bertz CT molecular complexity index is 1380. The summed E-state index contributed by atoms with van der Waals surface area (Å²) in [4.78, 5) is 13.6. The molecule has 0 radical (unpaired) electrons. The van der Waals surface area contributed by atoms with E-state index in [4.69, 9.17) is 0 Å². The number of carbonyl (C=O) groups excluding carboxylic acids is 1. The highest BCUT2D eigenvalue weighted by Crippen LogP contribution is 2.52. The molecule has 4 nitrogen and oxygen atoms in total. The van der Waals surface area contributed by atoms with Crippen molar-refractivity contribution in [3.63, 3.8) is 0 Å². The summed E-state index contributed by atoms with van der Waals surface area (Å²) >= 11 is 3.73. The lowest BCUT2D eigenvalue weighted by Crippen LogP contribution is -2.33. The molecule has 1 unspecified atom stereocenters. The van der Waals surface area contributed by atoms with Crippen LogP contribution in [0.1, 0.15) is 56.3 Å². The standard InChI is InChI=1S/C27H24BrN3O/c1-26(2)13-18-23-17-7-5-4-6-15(17)9-11-21(23)29-25(24(18)22(32)14-26)16-8-10-19(20(28)12-16)27(3)30-31-27/h4-12,25,29H,13-14H2,1-3H3. The molecule has 6 rings (SSSR count). The van der Waals surface area contributed by atoms with Crippen molar-refractivity contribution >= 4 is 43.7 Å². The van der Waals surface area contributed by atoms with E-state index in [1.807, 2.05) is 6.92 Å². The van der Waals surface area contributed by atoms with Crippen molar-refractivity contribution in [1.82, 2.24) is 0 Å². The first-order valence-electron chi connectivity index (χ1n) is 11.0. The van der Waals surface area contributed by atoms with E-state index >= 15 is 0 Å². The molecule has 160 valence electrons. The molecule has 0 fully saturated rings. The second-order valence-electron chi connectivity index (χ2n) is 10.1. The largest absolute Gasteiger partial charge is 0.373 e. The molecule has 0 bridgehead atoms. The van der Waals surface area contributed by atoms with Gasteiger partial charge in [-0.05, 0) is 52.8 Å². The number of anilines is 1. The zero-order valence-corrected chi connectivity index (χ0v) is 20.0. The summed E-state index contributed by atoms with van der Waals surface area (Å²) in [5.74, 6) is 0.242. The Hall–Kier alpha value is -2.79. The average molecular weight is 486 g/mol. The number of Topliss-reactive ketones (excluding diaryl/α,β-unsaturated/α-hetero) is 1. The van der Waals surface area contributed by atoms with Gasteiger partial charge in [-0.25, -0.2) is 0 Å². The second kappa shape index (κ2) is 6.61. The van der Waals surface area contributed by atoms with E-state index in [2.05, 4.69) is 99.9 Å². The predicted octanol–water partition coefficient (Wildman–Crippen LogP) is 7.55. The molecule has 3 aromatic carbocycles. The summed E-state index contributed by atoms with van der Waals surface area (Å²) in [5.41, 5.74) is 6.02. The van der Waals surface area contributed by atoms with E-state index in [1.54, 1.807) is 0 Å². The van der Waals surface area contributed by atoms with Crippen LogP contribution in [0.3, 0.4) is 0 Å². The van der Waals surface area contributed by atoms with Crippen LogP contribution < -0.4 is 5.32 Å². The lowest BCUT2D eigenvalue weighted by atomic mass is 9.68. The number of fused-ring (bicyclic) bond motifs is 4. The molecule has 0 aromatic heterocycles. The molecule has 1 aliphatic carbocycles. The first-order valence-corrected chi connectivity index (χ1v) is 11.8. The van der Waals surface area contributed by atoms with E-state index in [0.29, 0.717) is 6.42 Å². The Morgan fingerprint density at radius 3 is 2.53 bits per heavy atom. The number of halogens is 1. The van der Waals surface area contributed by atoms with Gasteiger partial charge in [0.1, 0.15) is 0 Å². The van der Waals surface area contributed by atoms with Gasteiger partial charge in [0.15, 0.2) is 5.78 Å². The third-order valence-electron chi connectivity index (χ3n) is 6.98. The maximum absolute atomic E-state index is 13.6. The zero-order valence-electron chi connectivity index (χ0n) is 18.4. The fourth-order valence-electron chi connectivity index (χ4n) is 5.37. The summed E-state index contributed by atoms with van der Waals surface area (Å²) in [5, 5.41) is 14.5. The topological polar surface area (TPSA) is 53.8 Å². The highest BCUT2D eigenvalue weighted by Gasteiger charge is 2.42. The molecule has 1 N–H and O–H groups in total. The number of carbonyl (C=O) groups is 1. The number of hydrogen-bond acceptors (Lipinski definition) is 4. The Morgan fingerprint density at radius 2 is 1.78 bits per heavy atom. The van der Waals surface area contributed by atoms with Gasteiger partial charge in [-0.1, -0.05) is 72.2 Å². The summed E-state index contributed by atoms with van der Waals surface area (Å²) in [6.07, 6.45) is 1.46. The minimum Gasteiger partial charge on any atom is -0.373 e. The van der Waals surface area contributed by atoms with Gasteiger partial charge in [0, 0.05) is 33.3 Å². The molecule has 1 atom stereocenters. The predicted molar refractivity (Wildman–Crippen MR) is 132 cm³/mol. The van der Waals surface area contributed by atoms with Crippen LogP contribution in [0.4, 0.5) is 5.69 Å². The normalized spacial score (nSPS) is 22.4. The van der Waals surface area contributed by atoms with E-state index in [-0.39, 0.29) is 17.2 Å². The highest BCUT2D eigenvalue weighted by atomic mass is 79.9. The molecule has 32 heavy (non-hydrogen) atoms. The number of ketones is 1. The number of allylic oxidation sites excluding steroid dienone is 1. The summed E-state index contributed by atoms with van der Waals surface area (Å²) in [7, 11) is 0. The lowest BCUT2D eigenvalue weighted by Gasteiger charge is -2.40. The molecule has 3 aromatic rings. The average Bonchev–Trinajstić information content (AvgIpc) is 3.49. The number of benzene rings is 3. The number of nitrogens with zero attached hydrogens (tertiary/aromatic N) is 2. The maximum Gasteiger partial charge on any atom is 0.214 e. The Kier molecular flexibility index (Phi) is 4.10. The molecule has 0 spiro atoms. The van der Waals surface area contributed by atoms with Crippen LogP contribution in [0.15, 0.2) is 74.9 Å². The summed E-state index contributed by atoms with van der Waals surface area (Å²) in [6, 6.07) is 18.9. The minimum atomic E-state index is -0.446. The number of hydrogen-bond donors (Lipinski definition) is 1. The van der Waals surface area contributed by atoms with E-state index < -0.39 is 5.66 Å². The van der Waals surface area contributed by atoms with Gasteiger partial charge in [-0.3, -0.25) is 4.79 Å². The van der Waals surface area contributed by atoms with E-state index in [9.17, 15) is 4.79 Å². The molecule has 2 aliphatic heterocycles. The van der Waals surface area contributed by atoms with Gasteiger partial charge in [0.2, 0.25) is 5.66 Å². The van der Waals surface area contributed by atoms with Gasteiger partial charge >= 0.3 is 0 Å². The minimum absolute atomic E-state index is 0.0555. The summed E-state index contributed by atoms with van der Waals surface area (Å²) in [6.45, 7) is 6.40. The van der Waals surface area contributed by atoms with Crippen molar-refractivity contribution in [1.29, 1.82) is 0 Å². The Morgan fingerprint density at radius 1 is 1.00 bits per heavy atom. The molecule has 0 amide bonds. The van der Waals surface area contributed by atoms with Gasteiger partial charge in [-0.2, -0.15) is 10.2 Å². The molecular formula is C27H24BrN3O. The molecule has 2 heterocycles. The van der Waals surface area contributed by atoms with E-state index in [1.165, 1.54) is 21.9 Å². The first kappa shape index (κ1) is 19.9. The third-order valence-corrected chi connectivity index (χ3v) is 7.63. The van der Waals surface area contributed by atoms with Crippen LogP contribution in [0.2, 0.25) is 0 Å². The third kappa shape index (κ3) is 2.98. The van der Waals surface area contributed by atoms with Crippen molar-refractivity contribution in [2.24, 2.45) is 15.6 Å². The van der Waals surface area contributed by atoms with Gasteiger partial charge in [0.25, 0.3) is 0 Å². The first-order chi connectivity index (χ1) is 15.3. The van der Waals surface area contributed by atoms with Crippen LogP contribution in [-0.2, 0) is 10.5 Å². The smallest absolute Gasteiger partial charge is 0.214 e. The maximum atomic E-state index is 13.6. The fourth-order valence-corrected chi connectivity index (χ4v) is 6.14. The van der Waals surface area contributed by atoms with Gasteiger partial charge < -0.3 is 5.32 Å². The van der Waals surface area contributed by atoms with Crippen LogP contribution in [0, 0.1) is 5.41 Å². The van der Waals surface area contributed by atoms with Crippen molar-refractivity contribution in [2.75, 3.05) is 5.32 Å². The monoisotopic (exact) mass is 485 g/mol. The SMILES string of the molecule is CC1(C)CC(=O)C2=C(C1)c1c(ccc3ccccc13)NC2c1ccc(C2(C)N=N2)c(Br)c1. The van der Waals surface area contributed by atoms with Gasteiger partial charge in [0.05, 0.1) is 6.04 Å². The Balaban J connectivity index is 1.56. The van der Waals surface area contributed by atoms with Crippen molar-refractivity contribution in [3.8, 4) is 0 Å². The van der Waals surface area contributed by atoms with Gasteiger partial charge in [-0.15, -0.1) is 0 Å². The van der Waals surface area contributed by atoms with E-state index in [0.717, 1.165) is 33.3 Å². The molecular weight excluding hydrogens is 462 g/mol. The molecule has 0 saturated carbocycles.